The summed E-state index contributed by atoms with van der Waals surface area (Å²) in [4.78, 5) is 74.2. The Morgan fingerprint density at radius 3 is 1.88 bits per heavy atom. The molecule has 0 bridgehead atoms. The Kier molecular flexibility index (Phi) is 18.8. The minimum absolute atomic E-state index is 0.0684. The third kappa shape index (κ3) is 15.7. The van der Waals surface area contributed by atoms with Gasteiger partial charge in [-0.3, -0.25) is 19.2 Å². The molecule has 22 heteroatoms. The van der Waals surface area contributed by atoms with E-state index in [0.717, 1.165) is 44.3 Å². The Labute approximate surface area is 383 Å². The number of halogens is 6. The summed E-state index contributed by atoms with van der Waals surface area (Å²) in [6.45, 7) is 11.7. The van der Waals surface area contributed by atoms with Gasteiger partial charge in [-0.15, -0.1) is 0 Å². The molecule has 0 spiro atoms. The van der Waals surface area contributed by atoms with Crippen molar-refractivity contribution in [1.29, 1.82) is 0 Å². The van der Waals surface area contributed by atoms with Gasteiger partial charge in [0.05, 0.1) is 12.1 Å². The smallest absolute Gasteiger partial charge is 0.407 e. The fourth-order valence-corrected chi connectivity index (χ4v) is 8.49. The van der Waals surface area contributed by atoms with Crippen LogP contribution in [0.25, 0.3) is 0 Å². The van der Waals surface area contributed by atoms with Crippen LogP contribution in [0.2, 0.25) is 0 Å². The number of fused-ring (bicyclic) bond motifs is 2. The van der Waals surface area contributed by atoms with Gasteiger partial charge in [0.2, 0.25) is 11.8 Å². The lowest BCUT2D eigenvalue weighted by Gasteiger charge is -2.28. The van der Waals surface area contributed by atoms with Gasteiger partial charge in [0.1, 0.15) is 29.1 Å². The number of aliphatic carboxylic acids is 1. The van der Waals surface area contributed by atoms with E-state index in [2.05, 4.69) is 15.4 Å². The summed E-state index contributed by atoms with van der Waals surface area (Å²) in [5.74, 6) is -8.09. The number of nitrogens with zero attached hydrogens (tertiary/aromatic N) is 3. The van der Waals surface area contributed by atoms with Gasteiger partial charge < -0.3 is 50.8 Å². The van der Waals surface area contributed by atoms with Crippen LogP contribution in [0.1, 0.15) is 71.4 Å². The van der Waals surface area contributed by atoms with Crippen molar-refractivity contribution in [2.24, 2.45) is 17.6 Å². The quantitative estimate of drug-likeness (QED) is 0.0638. The molecule has 0 radical (unpaired) electrons. The summed E-state index contributed by atoms with van der Waals surface area (Å²) in [7, 11) is 0. The van der Waals surface area contributed by atoms with Gasteiger partial charge in [0.15, 0.2) is 23.3 Å². The first kappa shape index (κ1) is 53.9. The number of ether oxygens (including phenoxy) is 2. The van der Waals surface area contributed by atoms with Gasteiger partial charge in [0, 0.05) is 88.3 Å². The molecule has 370 valence electrons. The van der Waals surface area contributed by atoms with E-state index in [0.29, 0.717) is 50.3 Å². The Morgan fingerprint density at radius 1 is 0.791 bits per heavy atom. The first-order valence-electron chi connectivity index (χ1n) is 21.6. The zero-order valence-electron chi connectivity index (χ0n) is 37.8. The van der Waals surface area contributed by atoms with E-state index in [-0.39, 0.29) is 79.0 Å². The number of carbonyl (C=O) groups is 6. The highest BCUT2D eigenvalue weighted by Gasteiger charge is 2.47. The number of amides is 4. The lowest BCUT2D eigenvalue weighted by molar-refractivity contribution is -0.147. The lowest BCUT2D eigenvalue weighted by Crippen LogP contribution is -2.47. The number of rotatable bonds is 13. The summed E-state index contributed by atoms with van der Waals surface area (Å²) in [5, 5.41) is 23.7. The minimum Gasteiger partial charge on any atom is -0.478 e. The number of nitrogens with two attached hydrogens (primary N) is 1. The van der Waals surface area contributed by atoms with E-state index >= 15 is 0 Å². The van der Waals surface area contributed by atoms with Crippen LogP contribution in [0.3, 0.4) is 0 Å². The maximum Gasteiger partial charge on any atom is 0.407 e. The monoisotopic (exact) mass is 956 g/mol. The van der Waals surface area contributed by atoms with Gasteiger partial charge in [-0.25, -0.2) is 35.9 Å². The van der Waals surface area contributed by atoms with Crippen LogP contribution in [0.5, 0.6) is 0 Å². The number of nitrogens with one attached hydrogen (secondary N) is 2. The SMILES string of the molecule is CC(C)(C)OC(=O)N[C@@H](CC(=O)N1CC[C@H]2CNC[C@H]21)Cc1cc(F)c(F)cc1F.CC(C)(O)C(=O)N1C[C@@H]2CCN(C(=O)C[C@H](N)Cc3cc(F)c(F)cc3F)[C@@H]2C1.O=CO/C=C/C(=O)O. The summed E-state index contributed by atoms with van der Waals surface area (Å²) in [6.07, 6.45) is 1.97. The van der Waals surface area contributed by atoms with Crippen molar-refractivity contribution >= 4 is 36.3 Å². The average Bonchev–Trinajstić information content (AvgIpc) is 4.01. The number of carboxylic acid groups (broad SMARTS) is 1. The molecule has 6 atom stereocenters. The molecule has 6 N–H and O–H groups in total. The Bertz CT molecular complexity index is 2150. The molecule has 16 nitrogen and oxygen atoms in total. The molecule has 0 aromatic heterocycles. The molecule has 4 aliphatic rings. The topological polar surface area (TPSA) is 221 Å². The molecule has 4 saturated heterocycles. The third-order valence-corrected chi connectivity index (χ3v) is 11.5. The number of aliphatic hydroxyl groups is 1. The molecular formula is C45H58F6N6O10. The zero-order valence-corrected chi connectivity index (χ0v) is 37.8. The number of carbonyl (C=O) groups excluding carboxylic acids is 5. The number of benzene rings is 2. The van der Waals surface area contributed by atoms with Gasteiger partial charge >= 0.3 is 12.1 Å². The van der Waals surface area contributed by atoms with Crippen LogP contribution in [-0.4, -0.2) is 136 Å². The van der Waals surface area contributed by atoms with Crippen LogP contribution in [0.15, 0.2) is 36.6 Å². The molecule has 0 unspecified atom stereocenters. The van der Waals surface area contributed by atoms with Gasteiger partial charge in [-0.1, -0.05) is 0 Å². The minimum atomic E-state index is -1.47. The average molecular weight is 957 g/mol. The molecule has 2 aromatic rings. The summed E-state index contributed by atoms with van der Waals surface area (Å²) in [5.41, 5.74) is 3.55. The fourth-order valence-electron chi connectivity index (χ4n) is 8.49. The molecule has 2 aromatic carbocycles. The van der Waals surface area contributed by atoms with E-state index in [4.69, 9.17) is 15.6 Å². The van der Waals surface area contributed by atoms with E-state index < -0.39 is 70.3 Å². The van der Waals surface area contributed by atoms with Crippen molar-refractivity contribution < 1.29 is 74.8 Å². The highest BCUT2D eigenvalue weighted by atomic mass is 19.2. The van der Waals surface area contributed by atoms with Crippen molar-refractivity contribution in [3.05, 3.63) is 82.6 Å². The lowest BCUT2D eigenvalue weighted by atomic mass is 10.0. The second-order valence-electron chi connectivity index (χ2n) is 18.3. The molecule has 4 aliphatic heterocycles. The van der Waals surface area contributed by atoms with Crippen LogP contribution in [0, 0.1) is 46.7 Å². The van der Waals surface area contributed by atoms with Crippen LogP contribution in [0.4, 0.5) is 31.1 Å². The second kappa shape index (κ2) is 23.3. The molecule has 0 saturated carbocycles. The molecule has 4 heterocycles. The number of hydrogen-bond donors (Lipinski definition) is 5. The molecular weight excluding hydrogens is 899 g/mol. The highest BCUT2D eigenvalue weighted by molar-refractivity contribution is 5.85. The molecule has 4 amide bonds. The van der Waals surface area contributed by atoms with Crippen molar-refractivity contribution in [2.75, 3.05) is 39.3 Å². The Balaban J connectivity index is 0.000000252. The van der Waals surface area contributed by atoms with Crippen molar-refractivity contribution in [3.8, 4) is 0 Å². The van der Waals surface area contributed by atoms with E-state index in [1.165, 1.54) is 13.8 Å². The fraction of sp³-hybridized carbons (Fsp3) is 0.556. The number of likely N-dealkylation sites (tertiary alicyclic amines) is 3. The Hall–Kier alpha value is -5.74. The van der Waals surface area contributed by atoms with Crippen LogP contribution >= 0.6 is 0 Å². The van der Waals surface area contributed by atoms with Crippen LogP contribution < -0.4 is 16.4 Å². The summed E-state index contributed by atoms with van der Waals surface area (Å²) in [6, 6.07) is 0.838. The zero-order chi connectivity index (χ0) is 50.0. The van der Waals surface area contributed by atoms with E-state index in [9.17, 15) is 60.2 Å². The molecule has 67 heavy (non-hydrogen) atoms. The maximum absolute atomic E-state index is 14.2. The van der Waals surface area contributed by atoms with E-state index in [1.54, 1.807) is 35.5 Å². The molecule has 0 aliphatic carbocycles. The van der Waals surface area contributed by atoms with Crippen molar-refractivity contribution in [3.63, 3.8) is 0 Å². The maximum atomic E-state index is 14.2. The number of alkyl carbamates (subject to hydrolysis) is 1. The Morgan fingerprint density at radius 2 is 1.33 bits per heavy atom. The summed E-state index contributed by atoms with van der Waals surface area (Å²) >= 11 is 0. The van der Waals surface area contributed by atoms with Crippen molar-refractivity contribution in [2.45, 2.75) is 109 Å². The number of carboxylic acids is 1. The predicted molar refractivity (Wildman–Crippen MR) is 227 cm³/mol. The predicted octanol–water partition coefficient (Wildman–Crippen LogP) is 3.70. The second-order valence-corrected chi connectivity index (χ2v) is 18.3. The van der Waals surface area contributed by atoms with Gasteiger partial charge in [-0.05, 0) is 89.5 Å². The highest BCUT2D eigenvalue weighted by Crippen LogP contribution is 2.33. The van der Waals surface area contributed by atoms with Gasteiger partial charge in [-0.2, -0.15) is 0 Å². The molecule has 4 fully saturated rings. The normalized spacial score (nSPS) is 20.8. The van der Waals surface area contributed by atoms with Crippen molar-refractivity contribution in [1.82, 2.24) is 25.3 Å². The first-order chi connectivity index (χ1) is 31.3. The number of hydrogen-bond acceptors (Lipinski definition) is 11. The first-order valence-corrected chi connectivity index (χ1v) is 21.6. The van der Waals surface area contributed by atoms with Gasteiger partial charge in [0.25, 0.3) is 12.4 Å². The standard InChI is InChI=1S/C21H28F3N3O3.C20H26F3N3O3.C4H4O4/c1-21(2,3)30-20(29)26-14(6-13-7-16(23)17(24)9-15(13)22)8-19(28)27-5-4-12-10-25-11-18(12)27;1-20(2,29)19(28)25-9-11-3-4-26(17(11)10-25)18(27)7-13(24)5-12-6-15(22)16(23)8-14(12)21;5-3-8-2-1-4(6)7/h7,9,12,14,18,25H,4-6,8,10-11H2,1-3H3,(H,26,29);6,8,11,13,17,29H,3-5,7,9-10,24H2,1-2H3;1-3H,(H,6,7)/b;;2-1+/t12-,14+,18+;11-,13+,17+;/m00./s1. The third-order valence-electron chi connectivity index (χ3n) is 11.5. The van der Waals surface area contributed by atoms with Crippen LogP contribution in [-0.2, 0) is 46.3 Å². The summed E-state index contributed by atoms with van der Waals surface area (Å²) < 4.78 is 90.4. The molecule has 6 rings (SSSR count). The largest absolute Gasteiger partial charge is 0.478 e. The van der Waals surface area contributed by atoms with E-state index in [1.807, 2.05) is 0 Å².